The van der Waals surface area contributed by atoms with Gasteiger partial charge >= 0.3 is 0 Å². The Morgan fingerprint density at radius 1 is 1.17 bits per heavy atom. The molecule has 0 bridgehead atoms. The summed E-state index contributed by atoms with van der Waals surface area (Å²) in [7, 11) is 0. The second-order valence-corrected chi connectivity index (χ2v) is 7.67. The van der Waals surface area contributed by atoms with E-state index in [1.165, 1.54) is 24.2 Å². The second-order valence-electron chi connectivity index (χ2n) is 6.24. The Kier molecular flexibility index (Phi) is 5.12. The molecule has 1 aromatic rings. The average Bonchev–Trinajstić information content (AvgIpc) is 2.84. The van der Waals surface area contributed by atoms with E-state index in [2.05, 4.69) is 0 Å². The Morgan fingerprint density at radius 3 is 2.48 bits per heavy atom. The number of thioether (sulfide) groups is 1. The molecule has 1 saturated carbocycles. The smallest absolute Gasteiger partial charge is 0.268 e. The summed E-state index contributed by atoms with van der Waals surface area (Å²) in [4.78, 5) is 27.0. The summed E-state index contributed by atoms with van der Waals surface area (Å²) < 4.78 is 0. The fraction of sp³-hybridized carbons (Fsp3) is 0.444. The first-order valence-corrected chi connectivity index (χ1v) is 9.28. The normalized spacial score (nSPS) is 22.9. The van der Waals surface area contributed by atoms with E-state index < -0.39 is 0 Å². The predicted molar refractivity (Wildman–Crippen MR) is 95.3 cm³/mol. The van der Waals surface area contributed by atoms with Crippen LogP contribution in [0.2, 0.25) is 5.02 Å². The highest BCUT2D eigenvalue weighted by Gasteiger charge is 2.40. The molecule has 122 valence electrons. The van der Waals surface area contributed by atoms with Gasteiger partial charge in [-0.2, -0.15) is 0 Å². The van der Waals surface area contributed by atoms with Gasteiger partial charge in [-0.15, -0.1) is 0 Å². The molecular weight excluding hydrogens is 330 g/mol. The molecule has 0 radical (unpaired) electrons. The number of hydrogen-bond donors (Lipinski definition) is 0. The molecular formula is C18H20ClNO2S. The van der Waals surface area contributed by atoms with Crippen molar-refractivity contribution in [1.82, 2.24) is 4.90 Å². The highest BCUT2D eigenvalue weighted by atomic mass is 35.5. The highest BCUT2D eigenvalue weighted by Crippen LogP contribution is 2.38. The van der Waals surface area contributed by atoms with E-state index in [0.717, 1.165) is 30.2 Å². The van der Waals surface area contributed by atoms with Gasteiger partial charge in [-0.05, 0) is 61.2 Å². The Labute approximate surface area is 146 Å². The van der Waals surface area contributed by atoms with E-state index in [0.29, 0.717) is 15.8 Å². The monoisotopic (exact) mass is 349 g/mol. The molecule has 3 rings (SSSR count). The minimum Gasteiger partial charge on any atom is -0.268 e. The summed E-state index contributed by atoms with van der Waals surface area (Å²) in [5, 5.41) is 0.509. The maximum atomic E-state index is 12.7. The van der Waals surface area contributed by atoms with Crippen molar-refractivity contribution in [3.63, 3.8) is 0 Å². The SMILES string of the molecule is CC(C1CCCCC1)N1C(=O)S/C(=C\c2ccc(Cl)cc2)C1=O. The lowest BCUT2D eigenvalue weighted by Crippen LogP contribution is -2.42. The summed E-state index contributed by atoms with van der Waals surface area (Å²) in [6.07, 6.45) is 7.66. The van der Waals surface area contributed by atoms with Crippen LogP contribution in [0.4, 0.5) is 4.79 Å². The number of rotatable bonds is 3. The standard InChI is InChI=1S/C18H20ClNO2S/c1-12(14-5-3-2-4-6-14)20-17(21)16(23-18(20)22)11-13-7-9-15(19)10-8-13/h7-12,14H,2-6H2,1H3/b16-11-. The van der Waals surface area contributed by atoms with Gasteiger partial charge < -0.3 is 0 Å². The lowest BCUT2D eigenvalue weighted by atomic mass is 9.84. The molecule has 1 aliphatic carbocycles. The predicted octanol–water partition coefficient (Wildman–Crippen LogP) is 5.35. The van der Waals surface area contributed by atoms with Gasteiger partial charge in [-0.25, -0.2) is 0 Å². The maximum Gasteiger partial charge on any atom is 0.293 e. The van der Waals surface area contributed by atoms with Gasteiger partial charge in [0.2, 0.25) is 0 Å². The van der Waals surface area contributed by atoms with E-state index >= 15 is 0 Å². The number of benzene rings is 1. The first kappa shape index (κ1) is 16.6. The Hall–Kier alpha value is -1.26. The van der Waals surface area contributed by atoms with Crippen LogP contribution in [-0.4, -0.2) is 22.1 Å². The Balaban J connectivity index is 1.77. The van der Waals surface area contributed by atoms with Crippen molar-refractivity contribution in [3.05, 3.63) is 39.8 Å². The van der Waals surface area contributed by atoms with Crippen molar-refractivity contribution in [2.45, 2.75) is 45.1 Å². The number of halogens is 1. The van der Waals surface area contributed by atoms with Crippen LogP contribution in [0, 0.1) is 5.92 Å². The zero-order valence-electron chi connectivity index (χ0n) is 13.1. The quantitative estimate of drug-likeness (QED) is 0.691. The zero-order valence-corrected chi connectivity index (χ0v) is 14.7. The van der Waals surface area contributed by atoms with Crippen molar-refractivity contribution in [2.24, 2.45) is 5.92 Å². The van der Waals surface area contributed by atoms with E-state index in [1.54, 1.807) is 18.2 Å². The largest absolute Gasteiger partial charge is 0.293 e. The molecule has 0 spiro atoms. The van der Waals surface area contributed by atoms with Crippen LogP contribution in [0.15, 0.2) is 29.2 Å². The van der Waals surface area contributed by atoms with Gasteiger partial charge in [0.15, 0.2) is 0 Å². The van der Waals surface area contributed by atoms with Gasteiger partial charge in [-0.3, -0.25) is 14.5 Å². The molecule has 2 aliphatic rings. The minimum atomic E-state index is -0.159. The third-order valence-electron chi connectivity index (χ3n) is 4.73. The number of carbonyl (C=O) groups excluding carboxylic acids is 2. The molecule has 2 fully saturated rings. The van der Waals surface area contributed by atoms with Crippen molar-refractivity contribution >= 4 is 40.6 Å². The van der Waals surface area contributed by atoms with Crippen LogP contribution in [0.25, 0.3) is 6.08 Å². The number of nitrogens with zero attached hydrogens (tertiary/aromatic N) is 1. The molecule has 0 N–H and O–H groups in total. The molecule has 1 aliphatic heterocycles. The molecule has 1 unspecified atom stereocenters. The number of carbonyl (C=O) groups is 2. The first-order chi connectivity index (χ1) is 11.1. The fourth-order valence-corrected chi connectivity index (χ4v) is 4.41. The highest BCUT2D eigenvalue weighted by molar-refractivity contribution is 8.18. The van der Waals surface area contributed by atoms with E-state index in [9.17, 15) is 9.59 Å². The molecule has 1 aromatic carbocycles. The molecule has 23 heavy (non-hydrogen) atoms. The van der Waals surface area contributed by atoms with E-state index in [4.69, 9.17) is 11.6 Å². The first-order valence-electron chi connectivity index (χ1n) is 8.09. The molecule has 1 heterocycles. The summed E-state index contributed by atoms with van der Waals surface area (Å²) in [6, 6.07) is 7.24. The zero-order chi connectivity index (χ0) is 16.4. The van der Waals surface area contributed by atoms with Gasteiger partial charge in [0.05, 0.1) is 4.91 Å². The van der Waals surface area contributed by atoms with Crippen molar-refractivity contribution in [2.75, 3.05) is 0 Å². The van der Waals surface area contributed by atoms with Crippen LogP contribution in [0.3, 0.4) is 0 Å². The lowest BCUT2D eigenvalue weighted by Gasteiger charge is -2.32. The van der Waals surface area contributed by atoms with Crippen molar-refractivity contribution in [1.29, 1.82) is 0 Å². The van der Waals surface area contributed by atoms with Crippen LogP contribution in [0.1, 0.15) is 44.6 Å². The summed E-state index contributed by atoms with van der Waals surface area (Å²) in [6.45, 7) is 2.01. The van der Waals surface area contributed by atoms with Crippen molar-refractivity contribution in [3.8, 4) is 0 Å². The Morgan fingerprint density at radius 2 is 1.83 bits per heavy atom. The average molecular weight is 350 g/mol. The summed E-state index contributed by atoms with van der Waals surface area (Å²) in [5.74, 6) is 0.278. The number of amides is 2. The maximum absolute atomic E-state index is 12.7. The lowest BCUT2D eigenvalue weighted by molar-refractivity contribution is -0.125. The number of imide groups is 1. The summed E-state index contributed by atoms with van der Waals surface area (Å²) >= 11 is 6.91. The topological polar surface area (TPSA) is 37.4 Å². The summed E-state index contributed by atoms with van der Waals surface area (Å²) in [5.41, 5.74) is 0.880. The molecule has 0 aromatic heterocycles. The van der Waals surface area contributed by atoms with Gasteiger partial charge in [0, 0.05) is 11.1 Å². The van der Waals surface area contributed by atoms with Crippen LogP contribution >= 0.6 is 23.4 Å². The van der Waals surface area contributed by atoms with Crippen LogP contribution < -0.4 is 0 Å². The van der Waals surface area contributed by atoms with Crippen LogP contribution in [0.5, 0.6) is 0 Å². The van der Waals surface area contributed by atoms with E-state index in [1.807, 2.05) is 19.1 Å². The third-order valence-corrected chi connectivity index (χ3v) is 5.87. The molecule has 3 nitrogen and oxygen atoms in total. The molecule has 2 amide bonds. The molecule has 1 atom stereocenters. The van der Waals surface area contributed by atoms with Gasteiger partial charge in [0.25, 0.3) is 11.1 Å². The van der Waals surface area contributed by atoms with Gasteiger partial charge in [-0.1, -0.05) is 43.0 Å². The van der Waals surface area contributed by atoms with Gasteiger partial charge in [0.1, 0.15) is 0 Å². The third kappa shape index (κ3) is 3.64. The second kappa shape index (κ2) is 7.10. The fourth-order valence-electron chi connectivity index (χ4n) is 3.37. The number of hydrogen-bond acceptors (Lipinski definition) is 3. The molecule has 1 saturated heterocycles. The van der Waals surface area contributed by atoms with Crippen LogP contribution in [-0.2, 0) is 4.79 Å². The molecule has 5 heteroatoms. The van der Waals surface area contributed by atoms with Crippen molar-refractivity contribution < 1.29 is 9.59 Å². The van der Waals surface area contributed by atoms with E-state index in [-0.39, 0.29) is 17.2 Å². The Bertz CT molecular complexity index is 635. The minimum absolute atomic E-state index is 0.0149.